The second kappa shape index (κ2) is 10.8. The van der Waals surface area contributed by atoms with Gasteiger partial charge in [0.2, 0.25) is 0 Å². The molecule has 0 aliphatic rings. The smallest absolute Gasteiger partial charge is 0.00717 e. The van der Waals surface area contributed by atoms with Crippen molar-refractivity contribution in [3.63, 3.8) is 0 Å². The Bertz CT molecular complexity index is 131. The van der Waals surface area contributed by atoms with Crippen LogP contribution in [-0.2, 0) is 0 Å². The van der Waals surface area contributed by atoms with Crippen LogP contribution in [-0.4, -0.2) is 49.6 Å². The zero-order chi connectivity index (χ0) is 11.5. The maximum absolute atomic E-state index is 3.44. The molecule has 0 spiro atoms. The highest BCUT2D eigenvalue weighted by molar-refractivity contribution is 7.98. The van der Waals surface area contributed by atoms with Gasteiger partial charge in [0.1, 0.15) is 0 Å². The molecule has 15 heavy (non-hydrogen) atoms. The number of nitrogens with zero attached hydrogens (tertiary/aromatic N) is 1. The monoisotopic (exact) mass is 232 g/mol. The summed E-state index contributed by atoms with van der Waals surface area (Å²) in [6.45, 7) is 8.07. The highest BCUT2D eigenvalue weighted by Gasteiger charge is 2.07. The van der Waals surface area contributed by atoms with Gasteiger partial charge in [0.05, 0.1) is 0 Å². The maximum Gasteiger partial charge on any atom is 0.00717 e. The molecule has 0 aliphatic carbocycles. The van der Waals surface area contributed by atoms with Gasteiger partial charge in [-0.2, -0.15) is 11.8 Å². The van der Waals surface area contributed by atoms with Crippen molar-refractivity contribution in [1.29, 1.82) is 0 Å². The molecule has 3 heteroatoms. The predicted molar refractivity (Wildman–Crippen MR) is 72.9 cm³/mol. The van der Waals surface area contributed by atoms with Crippen LogP contribution in [0.25, 0.3) is 0 Å². The molecule has 0 aliphatic heterocycles. The zero-order valence-corrected chi connectivity index (χ0v) is 11.7. The third-order valence-electron chi connectivity index (χ3n) is 2.78. The van der Waals surface area contributed by atoms with Gasteiger partial charge in [-0.15, -0.1) is 0 Å². The molecule has 0 saturated carbocycles. The SMILES string of the molecule is CCCNCCCN(C)C(C)CCSC. The molecule has 0 bridgehead atoms. The number of nitrogens with one attached hydrogen (secondary N) is 1. The Hall–Kier alpha value is 0.270. The summed E-state index contributed by atoms with van der Waals surface area (Å²) in [5.41, 5.74) is 0. The summed E-state index contributed by atoms with van der Waals surface area (Å²) < 4.78 is 0. The van der Waals surface area contributed by atoms with E-state index in [2.05, 4.69) is 37.4 Å². The van der Waals surface area contributed by atoms with Crippen LogP contribution < -0.4 is 5.32 Å². The van der Waals surface area contributed by atoms with Gasteiger partial charge in [-0.25, -0.2) is 0 Å². The van der Waals surface area contributed by atoms with E-state index in [1.165, 1.54) is 31.6 Å². The van der Waals surface area contributed by atoms with Crippen molar-refractivity contribution >= 4 is 11.8 Å². The maximum atomic E-state index is 3.44. The van der Waals surface area contributed by atoms with Crippen LogP contribution in [0.3, 0.4) is 0 Å². The van der Waals surface area contributed by atoms with Gasteiger partial charge in [-0.3, -0.25) is 0 Å². The van der Waals surface area contributed by atoms with Gasteiger partial charge in [0, 0.05) is 6.04 Å². The molecular weight excluding hydrogens is 204 g/mol. The van der Waals surface area contributed by atoms with Crippen LogP contribution in [0.5, 0.6) is 0 Å². The van der Waals surface area contributed by atoms with E-state index in [1.807, 2.05) is 11.8 Å². The van der Waals surface area contributed by atoms with Crippen LogP contribution in [0, 0.1) is 0 Å². The van der Waals surface area contributed by atoms with E-state index in [4.69, 9.17) is 0 Å². The Labute approximate surface area is 100 Å². The lowest BCUT2D eigenvalue weighted by atomic mass is 10.2. The summed E-state index contributed by atoms with van der Waals surface area (Å²) in [6, 6.07) is 0.726. The lowest BCUT2D eigenvalue weighted by Gasteiger charge is -2.24. The van der Waals surface area contributed by atoms with Gasteiger partial charge in [0.15, 0.2) is 0 Å². The second-order valence-corrected chi connectivity index (χ2v) is 5.20. The molecule has 0 amide bonds. The van der Waals surface area contributed by atoms with E-state index in [9.17, 15) is 0 Å². The van der Waals surface area contributed by atoms with E-state index in [-0.39, 0.29) is 0 Å². The van der Waals surface area contributed by atoms with Gasteiger partial charge in [-0.05, 0) is 64.9 Å². The second-order valence-electron chi connectivity index (χ2n) is 4.21. The number of rotatable bonds is 10. The highest BCUT2D eigenvalue weighted by Crippen LogP contribution is 2.05. The fraction of sp³-hybridized carbons (Fsp3) is 1.00. The summed E-state index contributed by atoms with van der Waals surface area (Å²) in [5, 5.41) is 3.44. The van der Waals surface area contributed by atoms with Crippen LogP contribution in [0.2, 0.25) is 0 Å². The fourth-order valence-electron chi connectivity index (χ4n) is 1.48. The molecule has 1 unspecified atom stereocenters. The zero-order valence-electron chi connectivity index (χ0n) is 10.9. The molecular formula is C12H28N2S. The topological polar surface area (TPSA) is 15.3 Å². The molecule has 92 valence electrons. The van der Waals surface area contributed by atoms with Crippen molar-refractivity contribution in [1.82, 2.24) is 10.2 Å². The van der Waals surface area contributed by atoms with Crippen molar-refractivity contribution < 1.29 is 0 Å². The molecule has 0 rings (SSSR count). The van der Waals surface area contributed by atoms with Crippen molar-refractivity contribution in [2.45, 2.75) is 39.2 Å². The van der Waals surface area contributed by atoms with Crippen LogP contribution >= 0.6 is 11.8 Å². The third-order valence-corrected chi connectivity index (χ3v) is 3.43. The first-order valence-corrected chi connectivity index (χ1v) is 7.51. The molecule has 1 N–H and O–H groups in total. The summed E-state index contributed by atoms with van der Waals surface area (Å²) in [6.07, 6.45) is 5.99. The molecule has 0 saturated heterocycles. The lowest BCUT2D eigenvalue weighted by molar-refractivity contribution is 0.249. The van der Waals surface area contributed by atoms with Crippen LogP contribution in [0.1, 0.15) is 33.1 Å². The number of hydrogen-bond acceptors (Lipinski definition) is 3. The quantitative estimate of drug-likeness (QED) is 0.583. The molecule has 1 atom stereocenters. The molecule has 0 aromatic carbocycles. The van der Waals surface area contributed by atoms with E-state index in [0.717, 1.165) is 19.1 Å². The van der Waals surface area contributed by atoms with E-state index in [1.54, 1.807) is 0 Å². The van der Waals surface area contributed by atoms with Crippen molar-refractivity contribution in [2.24, 2.45) is 0 Å². The average molecular weight is 232 g/mol. The molecule has 0 radical (unpaired) electrons. The van der Waals surface area contributed by atoms with Crippen LogP contribution in [0.15, 0.2) is 0 Å². The molecule has 0 heterocycles. The van der Waals surface area contributed by atoms with Crippen molar-refractivity contribution in [2.75, 3.05) is 38.7 Å². The largest absolute Gasteiger partial charge is 0.317 e. The van der Waals surface area contributed by atoms with Gasteiger partial charge in [-0.1, -0.05) is 6.92 Å². The first-order valence-electron chi connectivity index (χ1n) is 6.12. The number of thioether (sulfide) groups is 1. The minimum atomic E-state index is 0.726. The highest BCUT2D eigenvalue weighted by atomic mass is 32.2. The van der Waals surface area contributed by atoms with Crippen molar-refractivity contribution in [3.05, 3.63) is 0 Å². The minimum absolute atomic E-state index is 0.726. The lowest BCUT2D eigenvalue weighted by Crippen LogP contribution is -2.32. The average Bonchev–Trinajstić information content (AvgIpc) is 2.25. The first-order chi connectivity index (χ1) is 7.22. The van der Waals surface area contributed by atoms with E-state index >= 15 is 0 Å². The predicted octanol–water partition coefficient (Wildman–Crippen LogP) is 2.45. The Morgan fingerprint density at radius 1 is 1.33 bits per heavy atom. The van der Waals surface area contributed by atoms with Gasteiger partial charge in [0.25, 0.3) is 0 Å². The molecule has 2 nitrogen and oxygen atoms in total. The standard InChI is InChI=1S/C12H28N2S/c1-5-8-13-9-6-10-14(3)12(2)7-11-15-4/h12-13H,5-11H2,1-4H3. The summed E-state index contributed by atoms with van der Waals surface area (Å²) in [4.78, 5) is 2.48. The van der Waals surface area contributed by atoms with Crippen molar-refractivity contribution in [3.8, 4) is 0 Å². The molecule has 0 aromatic rings. The minimum Gasteiger partial charge on any atom is -0.317 e. The van der Waals surface area contributed by atoms with E-state index in [0.29, 0.717) is 0 Å². The summed E-state index contributed by atoms with van der Waals surface area (Å²) in [7, 11) is 2.24. The molecule has 0 fully saturated rings. The summed E-state index contributed by atoms with van der Waals surface area (Å²) in [5.74, 6) is 1.28. The van der Waals surface area contributed by atoms with E-state index < -0.39 is 0 Å². The van der Waals surface area contributed by atoms with Gasteiger partial charge < -0.3 is 10.2 Å². The normalized spacial score (nSPS) is 13.4. The third kappa shape index (κ3) is 9.21. The first kappa shape index (κ1) is 15.3. The Morgan fingerprint density at radius 2 is 2.07 bits per heavy atom. The van der Waals surface area contributed by atoms with Crippen LogP contribution in [0.4, 0.5) is 0 Å². The Morgan fingerprint density at radius 3 is 2.67 bits per heavy atom. The fourth-order valence-corrected chi connectivity index (χ4v) is 2.06. The van der Waals surface area contributed by atoms with Gasteiger partial charge >= 0.3 is 0 Å². The Kier molecular flexibility index (Phi) is 11.0. The molecule has 0 aromatic heterocycles. The summed E-state index contributed by atoms with van der Waals surface area (Å²) >= 11 is 1.94. The number of hydrogen-bond donors (Lipinski definition) is 1. The Balaban J connectivity index is 3.34.